The topological polar surface area (TPSA) is 108 Å². The monoisotopic (exact) mass is 495 g/mol. The molecule has 1 aliphatic heterocycles. The quantitative estimate of drug-likeness (QED) is 0.605. The van der Waals surface area contributed by atoms with Crippen molar-refractivity contribution >= 4 is 29.2 Å². The molecule has 2 aromatic rings. The number of carboxylic acid groups (broad SMARTS) is 1. The van der Waals surface area contributed by atoms with Crippen LogP contribution in [0.25, 0.3) is 0 Å². The molecule has 192 valence electrons. The summed E-state index contributed by atoms with van der Waals surface area (Å²) in [4.78, 5) is 42.6. The van der Waals surface area contributed by atoms with E-state index in [0.717, 1.165) is 18.5 Å². The van der Waals surface area contributed by atoms with Gasteiger partial charge in [0.15, 0.2) is 11.5 Å². The van der Waals surface area contributed by atoms with E-state index in [1.807, 2.05) is 18.2 Å². The molecular weight excluding hydrogens is 462 g/mol. The second-order valence-electron chi connectivity index (χ2n) is 9.19. The van der Waals surface area contributed by atoms with Crippen LogP contribution in [0.5, 0.6) is 11.5 Å². The Morgan fingerprint density at radius 2 is 1.50 bits per heavy atom. The van der Waals surface area contributed by atoms with Crippen LogP contribution in [0.3, 0.4) is 0 Å². The first-order valence-electron chi connectivity index (χ1n) is 12.3. The molecule has 9 heteroatoms. The highest BCUT2D eigenvalue weighted by atomic mass is 16.5. The van der Waals surface area contributed by atoms with Crippen molar-refractivity contribution in [2.75, 3.05) is 50.6 Å². The minimum atomic E-state index is -0.963. The van der Waals surface area contributed by atoms with Gasteiger partial charge in [0.25, 0.3) is 5.91 Å². The summed E-state index contributed by atoms with van der Waals surface area (Å²) < 4.78 is 10.8. The summed E-state index contributed by atoms with van der Waals surface area (Å²) in [6.45, 7) is 2.43. The van der Waals surface area contributed by atoms with E-state index in [1.165, 1.54) is 14.2 Å². The van der Waals surface area contributed by atoms with Gasteiger partial charge in [0.05, 0.1) is 37.3 Å². The predicted molar refractivity (Wildman–Crippen MR) is 136 cm³/mol. The van der Waals surface area contributed by atoms with E-state index < -0.39 is 23.7 Å². The van der Waals surface area contributed by atoms with Crippen LogP contribution >= 0.6 is 0 Å². The number of piperazine rings is 1. The molecular formula is C27H33N3O6. The fourth-order valence-electron chi connectivity index (χ4n) is 5.10. The number of amides is 2. The number of anilines is 2. The van der Waals surface area contributed by atoms with Crippen molar-refractivity contribution in [3.8, 4) is 11.5 Å². The largest absolute Gasteiger partial charge is 0.493 e. The summed E-state index contributed by atoms with van der Waals surface area (Å²) in [5.74, 6) is -2.21. The average molecular weight is 496 g/mol. The number of ether oxygens (including phenoxy) is 2. The average Bonchev–Trinajstić information content (AvgIpc) is 2.92. The molecule has 4 rings (SSSR count). The van der Waals surface area contributed by atoms with E-state index in [9.17, 15) is 19.5 Å². The number of aliphatic carboxylic acids is 1. The lowest BCUT2D eigenvalue weighted by atomic mass is 9.78. The number of nitrogens with one attached hydrogen (secondary N) is 1. The predicted octanol–water partition coefficient (Wildman–Crippen LogP) is 3.50. The lowest BCUT2D eigenvalue weighted by molar-refractivity contribution is -0.147. The van der Waals surface area contributed by atoms with E-state index in [-0.39, 0.29) is 11.5 Å². The maximum absolute atomic E-state index is 13.6. The van der Waals surface area contributed by atoms with Gasteiger partial charge < -0.3 is 29.7 Å². The first-order valence-corrected chi connectivity index (χ1v) is 12.3. The van der Waals surface area contributed by atoms with E-state index in [4.69, 9.17) is 9.47 Å². The van der Waals surface area contributed by atoms with Crippen molar-refractivity contribution in [2.45, 2.75) is 25.7 Å². The number of hydrogen-bond donors (Lipinski definition) is 2. The van der Waals surface area contributed by atoms with Crippen molar-refractivity contribution in [3.63, 3.8) is 0 Å². The number of nitrogens with zero attached hydrogens (tertiary/aromatic N) is 2. The highest BCUT2D eigenvalue weighted by Crippen LogP contribution is 2.36. The molecule has 1 saturated carbocycles. The fourth-order valence-corrected chi connectivity index (χ4v) is 5.10. The highest BCUT2D eigenvalue weighted by Gasteiger charge is 2.36. The SMILES string of the molecule is COc1cc(NC(=O)[C@H]2CCCC[C@H]2C(=O)O)c(C(=O)N2CCN(c3ccccc3)CC2)cc1OC. The van der Waals surface area contributed by atoms with Gasteiger partial charge in [0, 0.05) is 37.9 Å². The summed E-state index contributed by atoms with van der Waals surface area (Å²) in [5.41, 5.74) is 1.70. The molecule has 9 nitrogen and oxygen atoms in total. The van der Waals surface area contributed by atoms with Crippen LogP contribution in [-0.2, 0) is 9.59 Å². The Kier molecular flexibility index (Phi) is 7.97. The number of carbonyl (C=O) groups is 3. The Morgan fingerprint density at radius 1 is 0.889 bits per heavy atom. The number of hydrogen-bond acceptors (Lipinski definition) is 6. The normalized spacial score (nSPS) is 19.9. The molecule has 36 heavy (non-hydrogen) atoms. The van der Waals surface area contributed by atoms with Gasteiger partial charge in [-0.05, 0) is 31.0 Å². The van der Waals surface area contributed by atoms with Crippen LogP contribution < -0.4 is 19.7 Å². The van der Waals surface area contributed by atoms with Gasteiger partial charge in [0.1, 0.15) is 0 Å². The summed E-state index contributed by atoms with van der Waals surface area (Å²) in [6, 6.07) is 13.2. The molecule has 1 aliphatic carbocycles. The number of rotatable bonds is 7. The Balaban J connectivity index is 1.56. The lowest BCUT2D eigenvalue weighted by Crippen LogP contribution is -2.49. The molecule has 0 unspecified atom stereocenters. The Morgan fingerprint density at radius 3 is 2.11 bits per heavy atom. The van der Waals surface area contributed by atoms with Crippen molar-refractivity contribution in [2.24, 2.45) is 11.8 Å². The molecule has 1 heterocycles. The molecule has 0 spiro atoms. The molecule has 2 aliphatic rings. The van der Waals surface area contributed by atoms with Crippen LogP contribution in [0.15, 0.2) is 42.5 Å². The second kappa shape index (κ2) is 11.3. The van der Waals surface area contributed by atoms with Gasteiger partial charge in [-0.3, -0.25) is 14.4 Å². The number of methoxy groups -OCH3 is 2. The standard InChI is InChI=1S/C27H33N3O6/c1-35-23-16-21(26(32)30-14-12-29(13-15-30)18-8-4-3-5-9-18)22(17-24(23)36-2)28-25(31)19-10-6-7-11-20(19)27(33)34/h3-5,8-9,16-17,19-20H,6-7,10-15H2,1-2H3,(H,28,31)(H,33,34)/t19-,20+/m0/s1. The Bertz CT molecular complexity index is 1100. The minimum Gasteiger partial charge on any atom is -0.493 e. The molecule has 2 fully saturated rings. The first kappa shape index (κ1) is 25.3. The third kappa shape index (κ3) is 5.40. The minimum absolute atomic E-state index is 0.225. The summed E-state index contributed by atoms with van der Waals surface area (Å²) in [5, 5.41) is 12.5. The number of carbonyl (C=O) groups excluding carboxylic acids is 2. The highest BCUT2D eigenvalue weighted by molar-refractivity contribution is 6.05. The van der Waals surface area contributed by atoms with Crippen LogP contribution in [0.2, 0.25) is 0 Å². The third-order valence-corrected chi connectivity index (χ3v) is 7.12. The zero-order chi connectivity index (χ0) is 25.7. The zero-order valence-electron chi connectivity index (χ0n) is 20.7. The van der Waals surface area contributed by atoms with Crippen LogP contribution in [0.1, 0.15) is 36.0 Å². The van der Waals surface area contributed by atoms with Crippen LogP contribution in [0, 0.1) is 11.8 Å². The molecule has 0 radical (unpaired) electrons. The summed E-state index contributed by atoms with van der Waals surface area (Å²) >= 11 is 0. The smallest absolute Gasteiger partial charge is 0.307 e. The zero-order valence-corrected chi connectivity index (χ0v) is 20.7. The number of carboxylic acids is 1. The van der Waals surface area contributed by atoms with Gasteiger partial charge in [0.2, 0.25) is 5.91 Å². The van der Waals surface area contributed by atoms with E-state index in [1.54, 1.807) is 17.0 Å². The molecule has 0 bridgehead atoms. The molecule has 0 aromatic heterocycles. The molecule has 2 N–H and O–H groups in total. The van der Waals surface area contributed by atoms with E-state index >= 15 is 0 Å². The van der Waals surface area contributed by atoms with Gasteiger partial charge in [-0.1, -0.05) is 31.0 Å². The first-order chi connectivity index (χ1) is 17.4. The number of para-hydroxylation sites is 1. The maximum atomic E-state index is 13.6. The van der Waals surface area contributed by atoms with Gasteiger partial charge >= 0.3 is 5.97 Å². The van der Waals surface area contributed by atoms with E-state index in [0.29, 0.717) is 56.2 Å². The van der Waals surface area contributed by atoms with Crippen LogP contribution in [-0.4, -0.2) is 68.2 Å². The lowest BCUT2D eigenvalue weighted by Gasteiger charge is -2.36. The molecule has 1 saturated heterocycles. The molecule has 2 aromatic carbocycles. The summed E-state index contributed by atoms with van der Waals surface area (Å²) in [7, 11) is 2.97. The molecule has 2 atom stereocenters. The Labute approximate surface area is 211 Å². The van der Waals surface area contributed by atoms with Gasteiger partial charge in [-0.15, -0.1) is 0 Å². The fraction of sp³-hybridized carbons (Fsp3) is 0.444. The van der Waals surface area contributed by atoms with Crippen molar-refractivity contribution in [3.05, 3.63) is 48.0 Å². The van der Waals surface area contributed by atoms with Crippen molar-refractivity contribution in [1.82, 2.24) is 4.90 Å². The van der Waals surface area contributed by atoms with E-state index in [2.05, 4.69) is 22.3 Å². The van der Waals surface area contributed by atoms with Gasteiger partial charge in [-0.2, -0.15) is 0 Å². The summed E-state index contributed by atoms with van der Waals surface area (Å²) in [6.07, 6.45) is 2.55. The Hall–Kier alpha value is -3.75. The van der Waals surface area contributed by atoms with Crippen molar-refractivity contribution < 1.29 is 29.0 Å². The maximum Gasteiger partial charge on any atom is 0.307 e. The molecule has 2 amide bonds. The van der Waals surface area contributed by atoms with Gasteiger partial charge in [-0.25, -0.2) is 0 Å². The third-order valence-electron chi connectivity index (χ3n) is 7.12. The van der Waals surface area contributed by atoms with Crippen LogP contribution in [0.4, 0.5) is 11.4 Å². The second-order valence-corrected chi connectivity index (χ2v) is 9.19. The van der Waals surface area contributed by atoms with Crippen molar-refractivity contribution in [1.29, 1.82) is 0 Å². The number of benzene rings is 2.